The molecule has 1 aliphatic heterocycles. The summed E-state index contributed by atoms with van der Waals surface area (Å²) < 4.78 is 0. The summed E-state index contributed by atoms with van der Waals surface area (Å²) in [6.45, 7) is 2.12. The second-order valence-electron chi connectivity index (χ2n) is 2.94. The second kappa shape index (κ2) is 2.68. The summed E-state index contributed by atoms with van der Waals surface area (Å²) in [5, 5.41) is 4.08. The summed E-state index contributed by atoms with van der Waals surface area (Å²) in [4.78, 5) is 10.4. The van der Waals surface area contributed by atoms with E-state index in [0.29, 0.717) is 6.04 Å². The first-order valence-corrected chi connectivity index (χ1v) is 3.57. The minimum atomic E-state index is 0.0972. The highest BCUT2D eigenvalue weighted by Crippen LogP contribution is 2.18. The summed E-state index contributed by atoms with van der Waals surface area (Å²) in [6, 6.07) is 0.597. The third kappa shape index (κ3) is 1.07. The molecule has 0 saturated carbocycles. The fraction of sp³-hybridized carbons (Fsp3) is 0.857. The van der Waals surface area contributed by atoms with E-state index in [2.05, 4.69) is 11.9 Å². The first-order chi connectivity index (χ1) is 4.66. The SMILES string of the molecule is CC1CC(C=O)N(C)N1C. The Bertz CT molecular complexity index is 138. The van der Waals surface area contributed by atoms with E-state index in [0.717, 1.165) is 12.7 Å². The Morgan fingerprint density at radius 1 is 1.40 bits per heavy atom. The zero-order chi connectivity index (χ0) is 7.72. The number of likely N-dealkylation sites (N-methyl/N-ethyl adjacent to an activating group) is 1. The van der Waals surface area contributed by atoms with Crippen molar-refractivity contribution in [2.24, 2.45) is 0 Å². The van der Waals surface area contributed by atoms with E-state index in [1.165, 1.54) is 0 Å². The zero-order valence-electron chi connectivity index (χ0n) is 6.74. The highest BCUT2D eigenvalue weighted by molar-refractivity contribution is 5.58. The highest BCUT2D eigenvalue weighted by Gasteiger charge is 2.30. The van der Waals surface area contributed by atoms with Crippen molar-refractivity contribution >= 4 is 6.29 Å². The zero-order valence-corrected chi connectivity index (χ0v) is 6.74. The Hall–Kier alpha value is -0.410. The van der Waals surface area contributed by atoms with Gasteiger partial charge in [0, 0.05) is 20.1 Å². The third-order valence-corrected chi connectivity index (χ3v) is 2.36. The minimum Gasteiger partial charge on any atom is -0.302 e. The molecule has 1 aliphatic rings. The molecule has 58 valence electrons. The van der Waals surface area contributed by atoms with Crippen LogP contribution in [0.25, 0.3) is 0 Å². The molecule has 2 unspecified atom stereocenters. The number of nitrogens with zero attached hydrogens (tertiary/aromatic N) is 2. The smallest absolute Gasteiger partial charge is 0.138 e. The van der Waals surface area contributed by atoms with Crippen molar-refractivity contribution in [3.8, 4) is 0 Å². The summed E-state index contributed by atoms with van der Waals surface area (Å²) in [5.74, 6) is 0. The van der Waals surface area contributed by atoms with Crippen LogP contribution in [0.3, 0.4) is 0 Å². The van der Waals surface area contributed by atoms with E-state index in [9.17, 15) is 4.79 Å². The summed E-state index contributed by atoms with van der Waals surface area (Å²) in [5.41, 5.74) is 0. The van der Waals surface area contributed by atoms with Gasteiger partial charge in [0.15, 0.2) is 0 Å². The fourth-order valence-electron chi connectivity index (χ4n) is 1.34. The average molecular weight is 142 g/mol. The van der Waals surface area contributed by atoms with Crippen molar-refractivity contribution in [1.29, 1.82) is 0 Å². The van der Waals surface area contributed by atoms with Crippen LogP contribution >= 0.6 is 0 Å². The number of hydrogen-bond donors (Lipinski definition) is 0. The molecule has 1 rings (SSSR count). The Kier molecular flexibility index (Phi) is 2.06. The molecule has 0 aromatic heterocycles. The van der Waals surface area contributed by atoms with Gasteiger partial charge in [-0.15, -0.1) is 0 Å². The van der Waals surface area contributed by atoms with E-state index < -0.39 is 0 Å². The molecule has 2 atom stereocenters. The first-order valence-electron chi connectivity index (χ1n) is 3.57. The summed E-state index contributed by atoms with van der Waals surface area (Å²) in [6.07, 6.45) is 1.97. The van der Waals surface area contributed by atoms with Crippen LogP contribution in [-0.4, -0.2) is 42.5 Å². The summed E-state index contributed by atoms with van der Waals surface area (Å²) in [7, 11) is 3.96. The quantitative estimate of drug-likeness (QED) is 0.486. The number of rotatable bonds is 1. The molecule has 10 heavy (non-hydrogen) atoms. The van der Waals surface area contributed by atoms with Gasteiger partial charge in [-0.3, -0.25) is 0 Å². The van der Waals surface area contributed by atoms with Crippen LogP contribution in [0, 0.1) is 0 Å². The topological polar surface area (TPSA) is 23.6 Å². The number of hydrazine groups is 1. The molecule has 0 spiro atoms. The third-order valence-electron chi connectivity index (χ3n) is 2.36. The van der Waals surface area contributed by atoms with Crippen molar-refractivity contribution in [2.45, 2.75) is 25.4 Å². The van der Waals surface area contributed by atoms with Crippen LogP contribution in [-0.2, 0) is 4.79 Å². The van der Waals surface area contributed by atoms with Gasteiger partial charge in [-0.25, -0.2) is 10.0 Å². The standard InChI is InChI=1S/C7H14N2O/c1-6-4-7(5-10)9(3)8(6)2/h5-7H,4H2,1-3H3. The molecule has 0 aromatic carbocycles. The molecule has 0 amide bonds. The second-order valence-corrected chi connectivity index (χ2v) is 2.94. The lowest BCUT2D eigenvalue weighted by molar-refractivity contribution is -0.114. The molecule has 1 heterocycles. The average Bonchev–Trinajstić information content (AvgIpc) is 2.17. The Morgan fingerprint density at radius 3 is 2.20 bits per heavy atom. The van der Waals surface area contributed by atoms with Crippen molar-refractivity contribution in [1.82, 2.24) is 10.0 Å². The van der Waals surface area contributed by atoms with Gasteiger partial charge >= 0.3 is 0 Å². The van der Waals surface area contributed by atoms with Crippen LogP contribution in [0.5, 0.6) is 0 Å². The monoisotopic (exact) mass is 142 g/mol. The Balaban J connectivity index is 2.61. The molecular weight excluding hydrogens is 128 g/mol. The van der Waals surface area contributed by atoms with Gasteiger partial charge in [0.05, 0.1) is 6.04 Å². The minimum absolute atomic E-state index is 0.0972. The molecular formula is C7H14N2O. The van der Waals surface area contributed by atoms with Gasteiger partial charge in [0.1, 0.15) is 6.29 Å². The lowest BCUT2D eigenvalue weighted by Gasteiger charge is -2.23. The van der Waals surface area contributed by atoms with Crippen molar-refractivity contribution < 1.29 is 4.79 Å². The molecule has 0 radical (unpaired) electrons. The van der Waals surface area contributed by atoms with Gasteiger partial charge in [0.2, 0.25) is 0 Å². The number of aldehydes is 1. The van der Waals surface area contributed by atoms with Crippen molar-refractivity contribution in [2.75, 3.05) is 14.1 Å². The normalized spacial score (nSPS) is 36.7. The van der Waals surface area contributed by atoms with Gasteiger partial charge in [-0.05, 0) is 13.3 Å². The molecule has 0 aromatic rings. The Morgan fingerprint density at radius 2 is 2.00 bits per heavy atom. The molecule has 0 N–H and O–H groups in total. The van der Waals surface area contributed by atoms with E-state index >= 15 is 0 Å². The van der Waals surface area contributed by atoms with Crippen LogP contribution in [0.4, 0.5) is 0 Å². The van der Waals surface area contributed by atoms with E-state index in [1.54, 1.807) is 0 Å². The van der Waals surface area contributed by atoms with Gasteiger partial charge in [0.25, 0.3) is 0 Å². The highest BCUT2D eigenvalue weighted by atomic mass is 16.1. The summed E-state index contributed by atoms with van der Waals surface area (Å²) >= 11 is 0. The predicted octanol–water partition coefficient (Wildman–Crippen LogP) is 0.125. The van der Waals surface area contributed by atoms with Crippen LogP contribution < -0.4 is 0 Å². The van der Waals surface area contributed by atoms with E-state index in [4.69, 9.17) is 0 Å². The molecule has 0 bridgehead atoms. The number of hydrogen-bond acceptors (Lipinski definition) is 3. The maximum absolute atomic E-state index is 10.4. The fourth-order valence-corrected chi connectivity index (χ4v) is 1.34. The molecule has 3 nitrogen and oxygen atoms in total. The van der Waals surface area contributed by atoms with Crippen molar-refractivity contribution in [3.05, 3.63) is 0 Å². The van der Waals surface area contributed by atoms with E-state index in [-0.39, 0.29) is 6.04 Å². The van der Waals surface area contributed by atoms with Crippen LogP contribution in [0.2, 0.25) is 0 Å². The lowest BCUT2D eigenvalue weighted by Crippen LogP contribution is -2.37. The molecule has 1 fully saturated rings. The predicted molar refractivity (Wildman–Crippen MR) is 39.5 cm³/mol. The number of carbonyl (C=O) groups excluding carboxylic acids is 1. The van der Waals surface area contributed by atoms with Gasteiger partial charge in [-0.1, -0.05) is 0 Å². The number of carbonyl (C=O) groups is 1. The van der Waals surface area contributed by atoms with Crippen molar-refractivity contribution in [3.63, 3.8) is 0 Å². The largest absolute Gasteiger partial charge is 0.302 e. The van der Waals surface area contributed by atoms with Crippen LogP contribution in [0.1, 0.15) is 13.3 Å². The van der Waals surface area contributed by atoms with Gasteiger partial charge in [-0.2, -0.15) is 0 Å². The lowest BCUT2D eigenvalue weighted by atomic mass is 10.2. The first kappa shape index (κ1) is 7.69. The van der Waals surface area contributed by atoms with Crippen LogP contribution in [0.15, 0.2) is 0 Å². The van der Waals surface area contributed by atoms with E-state index in [1.807, 2.05) is 19.1 Å². The maximum Gasteiger partial charge on any atom is 0.138 e. The van der Waals surface area contributed by atoms with Gasteiger partial charge < -0.3 is 4.79 Å². The molecule has 0 aliphatic carbocycles. The molecule has 1 saturated heterocycles. The maximum atomic E-state index is 10.4. The Labute approximate surface area is 61.6 Å². The molecule has 3 heteroatoms.